The molecule has 1 aromatic heterocycles. The molecule has 0 aliphatic carbocycles. The average molecular weight is 296 g/mol. The molecule has 19 heavy (non-hydrogen) atoms. The molecule has 0 spiro atoms. The zero-order valence-electron chi connectivity index (χ0n) is 11.2. The third kappa shape index (κ3) is 5.45. The number of halogens is 1. The molecule has 0 radical (unpaired) electrons. The summed E-state index contributed by atoms with van der Waals surface area (Å²) in [5, 5.41) is 0. The number of thiophene rings is 1. The number of hydrogen-bond donors (Lipinski definition) is 1. The highest BCUT2D eigenvalue weighted by Crippen LogP contribution is 2.30. The fourth-order valence-electron chi connectivity index (χ4n) is 1.46. The highest BCUT2D eigenvalue weighted by molar-refractivity contribution is 7.19. The molecule has 0 atom stereocenters. The summed E-state index contributed by atoms with van der Waals surface area (Å²) in [7, 11) is 0. The Balaban J connectivity index is 0.000000550. The zero-order valence-corrected chi connectivity index (χ0v) is 12.7. The van der Waals surface area contributed by atoms with Crippen molar-refractivity contribution in [2.75, 3.05) is 0 Å². The number of hydrogen-bond acceptors (Lipinski definition) is 2. The smallest absolute Gasteiger partial charge is 0.221 e. The molecule has 1 heterocycles. The van der Waals surface area contributed by atoms with Crippen LogP contribution in [0.5, 0.6) is 0 Å². The summed E-state index contributed by atoms with van der Waals surface area (Å²) in [6.07, 6.45) is 1.53. The van der Waals surface area contributed by atoms with Crippen LogP contribution in [0.2, 0.25) is 4.34 Å². The van der Waals surface area contributed by atoms with Gasteiger partial charge in [0.25, 0.3) is 0 Å². The summed E-state index contributed by atoms with van der Waals surface area (Å²) >= 11 is 7.40. The number of rotatable bonds is 3. The number of nitrogens with two attached hydrogens (primary N) is 1. The highest BCUT2D eigenvalue weighted by atomic mass is 35.5. The summed E-state index contributed by atoms with van der Waals surface area (Å²) < 4.78 is 0.774. The molecule has 2 nitrogen and oxygen atoms in total. The topological polar surface area (TPSA) is 43.1 Å². The van der Waals surface area contributed by atoms with Gasteiger partial charge in [-0.25, -0.2) is 0 Å². The largest absolute Gasteiger partial charge is 0.369 e. The predicted molar refractivity (Wildman–Crippen MR) is 83.6 cm³/mol. The summed E-state index contributed by atoms with van der Waals surface area (Å²) in [5.74, 6) is -0.313. The lowest BCUT2D eigenvalue weighted by atomic mass is 10.1. The molecular formula is C15H18ClNOS. The minimum Gasteiger partial charge on any atom is -0.369 e. The predicted octanol–water partition coefficient (Wildman–Crippen LogP) is 4.51. The van der Waals surface area contributed by atoms with Gasteiger partial charge in [-0.05, 0) is 23.3 Å². The SMILES string of the molecule is CCC.NC(=O)Cc1ccc(-c2ccc(Cl)s2)cc1. The first kappa shape index (κ1) is 15.7. The van der Waals surface area contributed by atoms with E-state index in [0.717, 1.165) is 20.3 Å². The highest BCUT2D eigenvalue weighted by Gasteiger charge is 2.02. The Hall–Kier alpha value is -1.32. The van der Waals surface area contributed by atoms with E-state index in [4.69, 9.17) is 17.3 Å². The van der Waals surface area contributed by atoms with Crippen molar-refractivity contribution in [3.8, 4) is 10.4 Å². The lowest BCUT2D eigenvalue weighted by Crippen LogP contribution is -2.13. The van der Waals surface area contributed by atoms with Crippen LogP contribution in [0.3, 0.4) is 0 Å². The van der Waals surface area contributed by atoms with Gasteiger partial charge in [-0.2, -0.15) is 0 Å². The number of carbonyl (C=O) groups excluding carboxylic acids is 1. The molecule has 102 valence electrons. The Bertz CT molecular complexity index is 519. The number of benzene rings is 1. The van der Waals surface area contributed by atoms with Crippen LogP contribution >= 0.6 is 22.9 Å². The van der Waals surface area contributed by atoms with Crippen LogP contribution in [0.25, 0.3) is 10.4 Å². The maximum absolute atomic E-state index is 10.7. The molecule has 0 unspecified atom stereocenters. The maximum Gasteiger partial charge on any atom is 0.221 e. The summed E-state index contributed by atoms with van der Waals surface area (Å²) in [6, 6.07) is 11.6. The second-order valence-corrected chi connectivity index (χ2v) is 5.87. The Kier molecular flexibility index (Phi) is 6.60. The van der Waals surface area contributed by atoms with Crippen molar-refractivity contribution in [1.82, 2.24) is 0 Å². The molecule has 0 saturated heterocycles. The normalized spacial score (nSPS) is 9.63. The summed E-state index contributed by atoms with van der Waals surface area (Å²) in [6.45, 7) is 4.25. The van der Waals surface area contributed by atoms with Crippen molar-refractivity contribution in [1.29, 1.82) is 0 Å². The van der Waals surface area contributed by atoms with Gasteiger partial charge in [0, 0.05) is 4.88 Å². The minimum absolute atomic E-state index is 0.283. The van der Waals surface area contributed by atoms with Crippen LogP contribution in [-0.4, -0.2) is 5.91 Å². The van der Waals surface area contributed by atoms with Crippen LogP contribution in [0.15, 0.2) is 36.4 Å². The van der Waals surface area contributed by atoms with Gasteiger partial charge in [-0.15, -0.1) is 11.3 Å². The molecule has 0 aliphatic rings. The van der Waals surface area contributed by atoms with Crippen molar-refractivity contribution >= 4 is 28.8 Å². The molecule has 0 saturated carbocycles. The summed E-state index contributed by atoms with van der Waals surface area (Å²) in [5.41, 5.74) is 7.15. The van der Waals surface area contributed by atoms with Crippen molar-refractivity contribution in [3.05, 3.63) is 46.3 Å². The lowest BCUT2D eigenvalue weighted by Gasteiger charge is -2.00. The molecule has 2 aromatic rings. The fraction of sp³-hybridized carbons (Fsp3) is 0.267. The van der Waals surface area contributed by atoms with Gasteiger partial charge in [0.05, 0.1) is 10.8 Å². The van der Waals surface area contributed by atoms with Crippen LogP contribution in [0, 0.1) is 0 Å². The monoisotopic (exact) mass is 295 g/mol. The molecule has 4 heteroatoms. The van der Waals surface area contributed by atoms with Gasteiger partial charge in [-0.3, -0.25) is 4.79 Å². The summed E-state index contributed by atoms with van der Waals surface area (Å²) in [4.78, 5) is 11.9. The Morgan fingerprint density at radius 1 is 1.16 bits per heavy atom. The number of primary amides is 1. The molecular weight excluding hydrogens is 278 g/mol. The molecule has 2 rings (SSSR count). The van der Waals surface area contributed by atoms with E-state index < -0.39 is 0 Å². The van der Waals surface area contributed by atoms with E-state index in [9.17, 15) is 4.79 Å². The van der Waals surface area contributed by atoms with Crippen molar-refractivity contribution in [3.63, 3.8) is 0 Å². The van der Waals surface area contributed by atoms with Gasteiger partial charge in [0.1, 0.15) is 0 Å². The van der Waals surface area contributed by atoms with Gasteiger partial charge >= 0.3 is 0 Å². The van der Waals surface area contributed by atoms with E-state index in [1.807, 2.05) is 36.4 Å². The molecule has 1 amide bonds. The number of carbonyl (C=O) groups is 1. The molecule has 0 aliphatic heterocycles. The first-order chi connectivity index (χ1) is 9.06. The van der Waals surface area contributed by atoms with Crippen LogP contribution in [0.4, 0.5) is 0 Å². The van der Waals surface area contributed by atoms with E-state index in [1.54, 1.807) is 0 Å². The van der Waals surface area contributed by atoms with Gasteiger partial charge in [0.2, 0.25) is 5.91 Å². The third-order valence-corrected chi connectivity index (χ3v) is 3.47. The maximum atomic E-state index is 10.7. The van der Waals surface area contributed by atoms with Crippen molar-refractivity contribution in [2.24, 2.45) is 5.73 Å². The molecule has 0 bridgehead atoms. The second kappa shape index (κ2) is 7.97. The lowest BCUT2D eigenvalue weighted by molar-refractivity contribution is -0.117. The Labute approximate surface area is 123 Å². The number of amides is 1. The van der Waals surface area contributed by atoms with Crippen LogP contribution < -0.4 is 5.73 Å². The Morgan fingerprint density at radius 2 is 1.74 bits per heavy atom. The fourth-order valence-corrected chi connectivity index (χ4v) is 2.51. The average Bonchev–Trinajstić information content (AvgIpc) is 2.77. The zero-order chi connectivity index (χ0) is 14.3. The van der Waals surface area contributed by atoms with Crippen LogP contribution in [0.1, 0.15) is 25.8 Å². The van der Waals surface area contributed by atoms with Gasteiger partial charge in [-0.1, -0.05) is 56.1 Å². The molecule has 2 N–H and O–H groups in total. The van der Waals surface area contributed by atoms with E-state index in [-0.39, 0.29) is 12.3 Å². The second-order valence-electron chi connectivity index (χ2n) is 4.15. The van der Waals surface area contributed by atoms with E-state index in [0.29, 0.717) is 0 Å². The van der Waals surface area contributed by atoms with E-state index in [2.05, 4.69) is 13.8 Å². The van der Waals surface area contributed by atoms with Gasteiger partial charge in [0.15, 0.2) is 0 Å². The minimum atomic E-state index is -0.313. The van der Waals surface area contributed by atoms with Gasteiger partial charge < -0.3 is 5.73 Å². The van der Waals surface area contributed by atoms with Crippen LogP contribution in [-0.2, 0) is 11.2 Å². The van der Waals surface area contributed by atoms with E-state index >= 15 is 0 Å². The first-order valence-corrected chi connectivity index (χ1v) is 7.39. The molecule has 0 fully saturated rings. The van der Waals surface area contributed by atoms with Crippen molar-refractivity contribution in [2.45, 2.75) is 26.7 Å². The van der Waals surface area contributed by atoms with Crippen molar-refractivity contribution < 1.29 is 4.79 Å². The molecule has 1 aromatic carbocycles. The first-order valence-electron chi connectivity index (χ1n) is 6.19. The third-order valence-electron chi connectivity index (χ3n) is 2.19. The standard InChI is InChI=1S/C12H10ClNOS.C3H8/c13-11-6-5-10(16-11)9-3-1-8(2-4-9)7-12(14)15;1-3-2/h1-6H,7H2,(H2,14,15);3H2,1-2H3. The van der Waals surface area contributed by atoms with E-state index in [1.165, 1.54) is 17.8 Å². The Morgan fingerprint density at radius 3 is 2.16 bits per heavy atom. The quantitative estimate of drug-likeness (QED) is 0.889.